The standard InChI is InChI=1S/C18H23NO3/c1-11(2)12-6-8-13(9-7-12)17(20)19-10-14-4-3-5-15(14)16(19)18(21)22/h6-9,11,14-16H,3-5,10H2,1-2H3,(H,21,22). The minimum absolute atomic E-state index is 0.136. The molecule has 1 saturated heterocycles. The largest absolute Gasteiger partial charge is 0.480 e. The highest BCUT2D eigenvalue weighted by Crippen LogP contribution is 2.42. The summed E-state index contributed by atoms with van der Waals surface area (Å²) in [6, 6.07) is 6.93. The number of likely N-dealkylation sites (tertiary alicyclic amines) is 1. The molecule has 2 fully saturated rings. The number of carboxylic acid groups (broad SMARTS) is 1. The molecule has 1 aromatic rings. The predicted molar refractivity (Wildman–Crippen MR) is 83.8 cm³/mol. The van der Waals surface area contributed by atoms with Gasteiger partial charge in [0.25, 0.3) is 5.91 Å². The van der Waals surface area contributed by atoms with Gasteiger partial charge in [0, 0.05) is 12.1 Å². The van der Waals surface area contributed by atoms with Gasteiger partial charge >= 0.3 is 5.97 Å². The molecular formula is C18H23NO3. The van der Waals surface area contributed by atoms with Gasteiger partial charge in [0.15, 0.2) is 0 Å². The van der Waals surface area contributed by atoms with Crippen LogP contribution in [0.1, 0.15) is 54.9 Å². The number of carboxylic acids is 1. The van der Waals surface area contributed by atoms with Crippen LogP contribution in [-0.2, 0) is 4.79 Å². The molecule has 0 bridgehead atoms. The van der Waals surface area contributed by atoms with Gasteiger partial charge in [-0.05, 0) is 48.3 Å². The normalized spacial score (nSPS) is 27.2. The molecule has 0 aromatic heterocycles. The topological polar surface area (TPSA) is 57.6 Å². The van der Waals surface area contributed by atoms with Crippen molar-refractivity contribution in [2.24, 2.45) is 11.8 Å². The number of hydrogen-bond donors (Lipinski definition) is 1. The van der Waals surface area contributed by atoms with Gasteiger partial charge in [-0.2, -0.15) is 0 Å². The highest BCUT2D eigenvalue weighted by molar-refractivity contribution is 5.97. The lowest BCUT2D eigenvalue weighted by Crippen LogP contribution is -2.43. The molecule has 1 amide bonds. The molecule has 1 aliphatic heterocycles. The summed E-state index contributed by atoms with van der Waals surface area (Å²) in [5, 5.41) is 9.55. The minimum Gasteiger partial charge on any atom is -0.480 e. The Morgan fingerprint density at radius 2 is 1.86 bits per heavy atom. The van der Waals surface area contributed by atoms with Gasteiger partial charge in [0.1, 0.15) is 6.04 Å². The van der Waals surface area contributed by atoms with E-state index in [4.69, 9.17) is 0 Å². The Bertz CT molecular complexity index is 578. The van der Waals surface area contributed by atoms with Crippen molar-refractivity contribution in [2.45, 2.75) is 45.1 Å². The fourth-order valence-electron chi connectivity index (χ4n) is 4.01. The number of hydrogen-bond acceptors (Lipinski definition) is 2. The van der Waals surface area contributed by atoms with Crippen molar-refractivity contribution in [3.8, 4) is 0 Å². The van der Waals surface area contributed by atoms with Gasteiger partial charge in [-0.15, -0.1) is 0 Å². The van der Waals surface area contributed by atoms with E-state index in [-0.39, 0.29) is 11.8 Å². The van der Waals surface area contributed by atoms with E-state index in [0.29, 0.717) is 23.9 Å². The number of amides is 1. The molecule has 3 atom stereocenters. The number of fused-ring (bicyclic) bond motifs is 1. The van der Waals surface area contributed by atoms with Crippen LogP contribution in [0, 0.1) is 11.8 Å². The van der Waals surface area contributed by atoms with Gasteiger partial charge in [0.2, 0.25) is 0 Å². The molecule has 1 aliphatic carbocycles. The van der Waals surface area contributed by atoms with Crippen LogP contribution in [0.4, 0.5) is 0 Å². The van der Waals surface area contributed by atoms with Gasteiger partial charge in [-0.3, -0.25) is 4.79 Å². The lowest BCUT2D eigenvalue weighted by atomic mass is 9.94. The number of benzene rings is 1. The molecule has 3 unspecified atom stereocenters. The maximum Gasteiger partial charge on any atom is 0.326 e. The molecular weight excluding hydrogens is 278 g/mol. The van der Waals surface area contributed by atoms with Crippen LogP contribution in [0.5, 0.6) is 0 Å². The second kappa shape index (κ2) is 5.75. The molecule has 0 spiro atoms. The Labute approximate surface area is 131 Å². The average Bonchev–Trinajstić information content (AvgIpc) is 3.06. The van der Waals surface area contributed by atoms with E-state index >= 15 is 0 Å². The summed E-state index contributed by atoms with van der Waals surface area (Å²) in [6.45, 7) is 4.81. The third-order valence-corrected chi connectivity index (χ3v) is 5.23. The van der Waals surface area contributed by atoms with Crippen molar-refractivity contribution in [1.29, 1.82) is 0 Å². The zero-order chi connectivity index (χ0) is 15.9. The third-order valence-electron chi connectivity index (χ3n) is 5.23. The number of rotatable bonds is 3. The zero-order valence-corrected chi connectivity index (χ0v) is 13.2. The number of nitrogens with zero attached hydrogens (tertiary/aromatic N) is 1. The quantitative estimate of drug-likeness (QED) is 0.933. The molecule has 1 saturated carbocycles. The molecule has 1 aromatic carbocycles. The van der Waals surface area contributed by atoms with Crippen molar-refractivity contribution < 1.29 is 14.7 Å². The first-order valence-electron chi connectivity index (χ1n) is 8.12. The van der Waals surface area contributed by atoms with Crippen molar-refractivity contribution in [2.75, 3.05) is 6.54 Å². The van der Waals surface area contributed by atoms with Crippen LogP contribution in [0.15, 0.2) is 24.3 Å². The lowest BCUT2D eigenvalue weighted by Gasteiger charge is -2.24. The Morgan fingerprint density at radius 1 is 1.18 bits per heavy atom. The van der Waals surface area contributed by atoms with Gasteiger partial charge in [-0.1, -0.05) is 32.4 Å². The Morgan fingerprint density at radius 3 is 2.45 bits per heavy atom. The maximum atomic E-state index is 12.7. The number of carbonyl (C=O) groups is 2. The van der Waals surface area contributed by atoms with E-state index in [2.05, 4.69) is 13.8 Å². The zero-order valence-electron chi connectivity index (χ0n) is 13.2. The molecule has 3 rings (SSSR count). The van der Waals surface area contributed by atoms with Gasteiger partial charge in [0.05, 0.1) is 0 Å². The molecule has 4 heteroatoms. The van der Waals surface area contributed by atoms with Crippen molar-refractivity contribution >= 4 is 11.9 Å². The van der Waals surface area contributed by atoms with Crippen LogP contribution in [-0.4, -0.2) is 34.5 Å². The SMILES string of the molecule is CC(C)c1ccc(C(=O)N2CC3CCCC3C2C(=O)O)cc1. The van der Waals surface area contributed by atoms with Crippen LogP contribution in [0.2, 0.25) is 0 Å². The van der Waals surface area contributed by atoms with Crippen molar-refractivity contribution in [3.63, 3.8) is 0 Å². The summed E-state index contributed by atoms with van der Waals surface area (Å²) < 4.78 is 0. The van der Waals surface area contributed by atoms with E-state index in [1.807, 2.05) is 24.3 Å². The summed E-state index contributed by atoms with van der Waals surface area (Å²) >= 11 is 0. The lowest BCUT2D eigenvalue weighted by molar-refractivity contribution is -0.142. The van der Waals surface area contributed by atoms with E-state index in [9.17, 15) is 14.7 Å². The average molecular weight is 301 g/mol. The van der Waals surface area contributed by atoms with E-state index in [0.717, 1.165) is 19.3 Å². The first-order valence-corrected chi connectivity index (χ1v) is 8.12. The highest BCUT2D eigenvalue weighted by Gasteiger charge is 2.49. The van der Waals surface area contributed by atoms with E-state index < -0.39 is 12.0 Å². The minimum atomic E-state index is -0.860. The smallest absolute Gasteiger partial charge is 0.326 e. The molecule has 22 heavy (non-hydrogen) atoms. The van der Waals surface area contributed by atoms with Crippen LogP contribution in [0.3, 0.4) is 0 Å². The number of aliphatic carboxylic acids is 1. The summed E-state index contributed by atoms with van der Waals surface area (Å²) in [7, 11) is 0. The second-order valence-electron chi connectivity index (χ2n) is 6.87. The fourth-order valence-corrected chi connectivity index (χ4v) is 4.01. The molecule has 118 valence electrons. The molecule has 4 nitrogen and oxygen atoms in total. The van der Waals surface area contributed by atoms with Gasteiger partial charge < -0.3 is 10.0 Å². The van der Waals surface area contributed by atoms with E-state index in [1.165, 1.54) is 5.56 Å². The summed E-state index contributed by atoms with van der Waals surface area (Å²) in [5.74, 6) is -0.0860. The Balaban J connectivity index is 1.83. The van der Waals surface area contributed by atoms with Crippen molar-refractivity contribution in [1.82, 2.24) is 4.90 Å². The first-order chi connectivity index (χ1) is 10.5. The second-order valence-corrected chi connectivity index (χ2v) is 6.87. The maximum absolute atomic E-state index is 12.7. The third kappa shape index (κ3) is 2.51. The Kier molecular flexibility index (Phi) is 3.94. The Hall–Kier alpha value is -1.84. The summed E-state index contributed by atoms with van der Waals surface area (Å²) in [4.78, 5) is 26.0. The molecule has 1 heterocycles. The highest BCUT2D eigenvalue weighted by atomic mass is 16.4. The monoisotopic (exact) mass is 301 g/mol. The van der Waals surface area contributed by atoms with E-state index in [1.54, 1.807) is 4.90 Å². The van der Waals surface area contributed by atoms with Crippen LogP contribution >= 0.6 is 0 Å². The summed E-state index contributed by atoms with van der Waals surface area (Å²) in [5.41, 5.74) is 1.78. The fraction of sp³-hybridized carbons (Fsp3) is 0.556. The number of carbonyl (C=O) groups excluding carboxylic acids is 1. The summed E-state index contributed by atoms with van der Waals surface area (Å²) in [6.07, 6.45) is 3.06. The first kappa shape index (κ1) is 15.1. The van der Waals surface area contributed by atoms with Crippen LogP contribution < -0.4 is 0 Å². The van der Waals surface area contributed by atoms with Gasteiger partial charge in [-0.25, -0.2) is 4.79 Å². The predicted octanol–water partition coefficient (Wildman–Crippen LogP) is 3.14. The molecule has 1 N–H and O–H groups in total. The molecule has 0 radical (unpaired) electrons. The molecule has 2 aliphatic rings. The van der Waals surface area contributed by atoms with Crippen LogP contribution in [0.25, 0.3) is 0 Å². The van der Waals surface area contributed by atoms with Crippen molar-refractivity contribution in [3.05, 3.63) is 35.4 Å².